The van der Waals surface area contributed by atoms with Gasteiger partial charge in [-0.25, -0.2) is 4.79 Å². The van der Waals surface area contributed by atoms with Gasteiger partial charge in [0.25, 0.3) is 11.5 Å². The van der Waals surface area contributed by atoms with Crippen LogP contribution >= 0.6 is 23.2 Å². The highest BCUT2D eigenvalue weighted by Crippen LogP contribution is 2.22. The summed E-state index contributed by atoms with van der Waals surface area (Å²) in [6.45, 7) is -0.0399. The van der Waals surface area contributed by atoms with E-state index in [4.69, 9.17) is 23.2 Å². The van der Waals surface area contributed by atoms with Crippen LogP contribution in [0, 0.1) is 0 Å². The zero-order valence-electron chi connectivity index (χ0n) is 18.2. The van der Waals surface area contributed by atoms with E-state index in [1.165, 1.54) is 0 Å². The highest BCUT2D eigenvalue weighted by Gasteiger charge is 2.28. The van der Waals surface area contributed by atoms with Crippen LogP contribution in [0.1, 0.15) is 48.2 Å². The first-order valence-electron chi connectivity index (χ1n) is 10.9. The summed E-state index contributed by atoms with van der Waals surface area (Å²) >= 11 is 12.1. The molecule has 0 radical (unpaired) electrons. The predicted octanol–water partition coefficient (Wildman–Crippen LogP) is 4.15. The number of rotatable bonds is 5. The van der Waals surface area contributed by atoms with Crippen LogP contribution in [0.2, 0.25) is 10.0 Å². The number of carbonyl (C=O) groups is 1. The number of halogens is 2. The topological polar surface area (TPSA) is 77.2 Å². The second-order valence-corrected chi connectivity index (χ2v) is 9.12. The molecule has 0 N–H and O–H groups in total. The number of benzene rings is 2. The fraction of sp³-hybridized carbons (Fsp3) is 0.333. The van der Waals surface area contributed by atoms with Gasteiger partial charge in [0.2, 0.25) is 5.69 Å². The number of aromatic nitrogens is 3. The lowest BCUT2D eigenvalue weighted by atomic mass is 9.94. The van der Waals surface area contributed by atoms with E-state index in [2.05, 4.69) is 5.10 Å². The first kappa shape index (κ1) is 23.3. The van der Waals surface area contributed by atoms with Gasteiger partial charge in [0, 0.05) is 23.1 Å². The maximum absolute atomic E-state index is 13.4. The summed E-state index contributed by atoms with van der Waals surface area (Å²) in [7, 11) is 1.69. The van der Waals surface area contributed by atoms with Gasteiger partial charge in [0.15, 0.2) is 0 Å². The SMILES string of the molecule is CN(C(=O)c1nn(-c2ccc(Cl)cc2)c(=O)n(Cc2cccc(Cl)c2)c1=O)C1CCCCC1. The van der Waals surface area contributed by atoms with Gasteiger partial charge >= 0.3 is 5.69 Å². The molecule has 3 aromatic rings. The number of amides is 1. The van der Waals surface area contributed by atoms with Crippen LogP contribution in [-0.4, -0.2) is 38.2 Å². The molecule has 172 valence electrons. The molecule has 0 atom stereocenters. The molecule has 4 rings (SSSR count). The van der Waals surface area contributed by atoms with E-state index >= 15 is 0 Å². The third kappa shape index (κ3) is 5.04. The van der Waals surface area contributed by atoms with Gasteiger partial charge in [-0.05, 0) is 54.8 Å². The molecule has 1 fully saturated rings. The van der Waals surface area contributed by atoms with Gasteiger partial charge in [0.1, 0.15) is 0 Å². The maximum atomic E-state index is 13.4. The van der Waals surface area contributed by atoms with Crippen molar-refractivity contribution in [3.63, 3.8) is 0 Å². The van der Waals surface area contributed by atoms with Crippen LogP contribution in [0.4, 0.5) is 0 Å². The molecule has 0 spiro atoms. The average molecular weight is 487 g/mol. The first-order chi connectivity index (χ1) is 15.8. The Morgan fingerprint density at radius 3 is 2.39 bits per heavy atom. The molecule has 1 aromatic heterocycles. The van der Waals surface area contributed by atoms with E-state index < -0.39 is 17.2 Å². The molecule has 0 bridgehead atoms. The van der Waals surface area contributed by atoms with Crippen molar-refractivity contribution in [3.05, 3.63) is 90.7 Å². The minimum absolute atomic E-state index is 0.0399. The van der Waals surface area contributed by atoms with Crippen LogP contribution in [0.25, 0.3) is 5.69 Å². The Labute approximate surface area is 201 Å². The van der Waals surface area contributed by atoms with Crippen molar-refractivity contribution < 1.29 is 4.79 Å². The normalized spacial score (nSPS) is 14.3. The van der Waals surface area contributed by atoms with E-state index in [0.29, 0.717) is 21.3 Å². The summed E-state index contributed by atoms with van der Waals surface area (Å²) < 4.78 is 2.10. The lowest BCUT2D eigenvalue weighted by Gasteiger charge is -2.30. The molecule has 9 heteroatoms. The standard InChI is InChI=1S/C24H24Cl2N4O3/c1-28(19-8-3-2-4-9-19)22(31)21-23(32)29(15-16-6-5-7-18(26)14-16)24(33)30(27-21)20-12-10-17(25)11-13-20/h5-7,10-14,19H,2-4,8-9,15H2,1H3. The van der Waals surface area contributed by atoms with Gasteiger partial charge in [-0.3, -0.25) is 14.2 Å². The highest BCUT2D eigenvalue weighted by molar-refractivity contribution is 6.30. The molecule has 1 amide bonds. The molecular weight excluding hydrogens is 463 g/mol. The lowest BCUT2D eigenvalue weighted by Crippen LogP contribution is -2.48. The summed E-state index contributed by atoms with van der Waals surface area (Å²) in [5.41, 5.74) is -0.607. The van der Waals surface area contributed by atoms with Crippen molar-refractivity contribution in [1.29, 1.82) is 0 Å². The number of nitrogens with zero attached hydrogens (tertiary/aromatic N) is 4. The number of hydrogen-bond donors (Lipinski definition) is 0. The zero-order valence-corrected chi connectivity index (χ0v) is 19.7. The van der Waals surface area contributed by atoms with E-state index in [0.717, 1.165) is 41.4 Å². The summed E-state index contributed by atoms with van der Waals surface area (Å²) in [4.78, 5) is 41.6. The fourth-order valence-corrected chi connectivity index (χ4v) is 4.50. The van der Waals surface area contributed by atoms with Crippen LogP contribution in [0.5, 0.6) is 0 Å². The quantitative estimate of drug-likeness (QED) is 0.542. The van der Waals surface area contributed by atoms with Gasteiger partial charge in [-0.2, -0.15) is 9.78 Å². The molecule has 7 nitrogen and oxygen atoms in total. The minimum Gasteiger partial charge on any atom is -0.337 e. The molecule has 1 aliphatic rings. The minimum atomic E-state index is -0.724. The Bertz CT molecular complexity index is 1280. The van der Waals surface area contributed by atoms with Crippen molar-refractivity contribution in [2.24, 2.45) is 0 Å². The first-order valence-corrected chi connectivity index (χ1v) is 11.6. The Morgan fingerprint density at radius 1 is 1.03 bits per heavy atom. The molecule has 0 aliphatic heterocycles. The summed E-state index contributed by atoms with van der Waals surface area (Å²) in [5.74, 6) is -0.491. The molecule has 0 saturated heterocycles. The fourth-order valence-electron chi connectivity index (χ4n) is 4.16. The van der Waals surface area contributed by atoms with Crippen molar-refractivity contribution in [3.8, 4) is 5.69 Å². The van der Waals surface area contributed by atoms with E-state index in [1.54, 1.807) is 60.5 Å². The van der Waals surface area contributed by atoms with Gasteiger partial charge in [-0.15, -0.1) is 0 Å². The van der Waals surface area contributed by atoms with Crippen LogP contribution in [-0.2, 0) is 6.54 Å². The second kappa shape index (κ2) is 9.93. The predicted molar refractivity (Wildman–Crippen MR) is 129 cm³/mol. The molecule has 1 saturated carbocycles. The highest BCUT2D eigenvalue weighted by atomic mass is 35.5. The maximum Gasteiger partial charge on any atom is 0.352 e. The van der Waals surface area contributed by atoms with Crippen molar-refractivity contribution >= 4 is 29.1 Å². The third-order valence-electron chi connectivity index (χ3n) is 6.01. The molecule has 1 heterocycles. The van der Waals surface area contributed by atoms with Crippen LogP contribution in [0.15, 0.2) is 58.1 Å². The molecule has 2 aromatic carbocycles. The molecule has 1 aliphatic carbocycles. The Kier molecular flexibility index (Phi) is 7.00. The second-order valence-electron chi connectivity index (χ2n) is 8.25. The Morgan fingerprint density at radius 2 is 1.73 bits per heavy atom. The molecular formula is C24H24Cl2N4O3. The number of hydrogen-bond acceptors (Lipinski definition) is 4. The van der Waals surface area contributed by atoms with Gasteiger partial charge in [-0.1, -0.05) is 54.6 Å². The van der Waals surface area contributed by atoms with Crippen molar-refractivity contribution in [2.75, 3.05) is 7.05 Å². The Hall–Kier alpha value is -2.90. The third-order valence-corrected chi connectivity index (χ3v) is 6.49. The number of carbonyl (C=O) groups excluding carboxylic acids is 1. The van der Waals surface area contributed by atoms with E-state index in [9.17, 15) is 14.4 Å². The smallest absolute Gasteiger partial charge is 0.337 e. The van der Waals surface area contributed by atoms with E-state index in [-0.39, 0.29) is 18.3 Å². The summed E-state index contributed by atoms with van der Waals surface area (Å²) in [6.07, 6.45) is 4.99. The van der Waals surface area contributed by atoms with Gasteiger partial charge in [0.05, 0.1) is 12.2 Å². The van der Waals surface area contributed by atoms with Crippen LogP contribution < -0.4 is 11.2 Å². The van der Waals surface area contributed by atoms with E-state index in [1.807, 2.05) is 0 Å². The van der Waals surface area contributed by atoms with Crippen molar-refractivity contribution in [1.82, 2.24) is 19.2 Å². The molecule has 33 heavy (non-hydrogen) atoms. The summed E-state index contributed by atoms with van der Waals surface area (Å²) in [6, 6.07) is 13.4. The summed E-state index contributed by atoms with van der Waals surface area (Å²) in [5, 5.41) is 5.20. The van der Waals surface area contributed by atoms with Crippen LogP contribution in [0.3, 0.4) is 0 Å². The zero-order chi connectivity index (χ0) is 23.5. The van der Waals surface area contributed by atoms with Gasteiger partial charge < -0.3 is 4.90 Å². The molecule has 0 unspecified atom stereocenters. The Balaban J connectivity index is 1.83. The average Bonchev–Trinajstić information content (AvgIpc) is 2.82. The van der Waals surface area contributed by atoms with Crippen molar-refractivity contribution in [2.45, 2.75) is 44.7 Å². The monoisotopic (exact) mass is 486 g/mol. The largest absolute Gasteiger partial charge is 0.352 e. The lowest BCUT2D eigenvalue weighted by molar-refractivity contribution is 0.0684.